The molecule has 3 rings (SSSR count). The van der Waals surface area contributed by atoms with E-state index in [0.717, 1.165) is 6.42 Å². The number of aryl methyl sites for hydroxylation is 1. The van der Waals surface area contributed by atoms with Crippen LogP contribution in [-0.4, -0.2) is 11.1 Å². The molecule has 2 aromatic rings. The lowest BCUT2D eigenvalue weighted by Crippen LogP contribution is -2.15. The van der Waals surface area contributed by atoms with E-state index < -0.39 is 5.97 Å². The lowest BCUT2D eigenvalue weighted by molar-refractivity contribution is -0.137. The van der Waals surface area contributed by atoms with Gasteiger partial charge in [-0.05, 0) is 47.1 Å². The van der Waals surface area contributed by atoms with Crippen molar-refractivity contribution in [2.75, 3.05) is 0 Å². The van der Waals surface area contributed by atoms with Crippen LogP contribution in [0.3, 0.4) is 0 Å². The molecular formula is C17H16O2. The van der Waals surface area contributed by atoms with Crippen LogP contribution in [-0.2, 0) is 11.2 Å². The Kier molecular flexibility index (Phi) is 2.86. The monoisotopic (exact) mass is 252 g/mol. The van der Waals surface area contributed by atoms with Gasteiger partial charge in [-0.2, -0.15) is 0 Å². The van der Waals surface area contributed by atoms with E-state index in [1.807, 2.05) is 12.1 Å². The summed E-state index contributed by atoms with van der Waals surface area (Å²) in [7, 11) is 0. The number of hydrogen-bond acceptors (Lipinski definition) is 1. The Morgan fingerprint density at radius 3 is 2.79 bits per heavy atom. The third kappa shape index (κ3) is 2.03. The van der Waals surface area contributed by atoms with E-state index in [0.29, 0.717) is 0 Å². The molecule has 1 aliphatic carbocycles. The summed E-state index contributed by atoms with van der Waals surface area (Å²) in [5, 5.41) is 9.09. The molecule has 1 N–H and O–H groups in total. The molecule has 0 saturated heterocycles. The van der Waals surface area contributed by atoms with E-state index in [2.05, 4.69) is 37.3 Å². The Bertz CT molecular complexity index is 643. The van der Waals surface area contributed by atoms with Crippen molar-refractivity contribution in [3.63, 3.8) is 0 Å². The van der Waals surface area contributed by atoms with Crippen molar-refractivity contribution in [1.29, 1.82) is 0 Å². The van der Waals surface area contributed by atoms with Gasteiger partial charge in [0.25, 0.3) is 0 Å². The first-order valence-electron chi connectivity index (χ1n) is 6.56. The number of carboxylic acid groups (broad SMARTS) is 1. The maximum atomic E-state index is 11.1. The minimum absolute atomic E-state index is 0.0861. The van der Waals surface area contributed by atoms with Gasteiger partial charge in [-0.25, -0.2) is 0 Å². The number of benzene rings is 2. The van der Waals surface area contributed by atoms with Crippen molar-refractivity contribution >= 4 is 5.97 Å². The van der Waals surface area contributed by atoms with E-state index in [1.165, 1.54) is 27.8 Å². The molecule has 1 atom stereocenters. The molecule has 2 nitrogen and oxygen atoms in total. The molecule has 0 radical (unpaired) electrons. The topological polar surface area (TPSA) is 37.3 Å². The highest BCUT2D eigenvalue weighted by molar-refractivity contribution is 5.78. The van der Waals surface area contributed by atoms with Gasteiger partial charge in [0.05, 0.1) is 6.42 Å². The largest absolute Gasteiger partial charge is 0.481 e. The van der Waals surface area contributed by atoms with Gasteiger partial charge in [0, 0.05) is 0 Å². The van der Waals surface area contributed by atoms with Crippen molar-refractivity contribution in [3.8, 4) is 11.1 Å². The zero-order valence-corrected chi connectivity index (χ0v) is 10.9. The second-order valence-electron chi connectivity index (χ2n) is 5.20. The van der Waals surface area contributed by atoms with Crippen LogP contribution in [0, 0.1) is 6.92 Å². The fraction of sp³-hybridized carbons (Fsp3) is 0.235. The predicted molar refractivity (Wildman–Crippen MR) is 75.3 cm³/mol. The first-order chi connectivity index (χ1) is 9.16. The maximum absolute atomic E-state index is 11.1. The number of fused-ring (bicyclic) bond motifs is 3. The van der Waals surface area contributed by atoms with Crippen LogP contribution in [0.25, 0.3) is 11.1 Å². The Morgan fingerprint density at radius 1 is 1.21 bits per heavy atom. The molecule has 0 saturated carbocycles. The van der Waals surface area contributed by atoms with Crippen LogP contribution in [0.5, 0.6) is 0 Å². The number of carbonyl (C=O) groups is 1. The Hall–Kier alpha value is -2.09. The summed E-state index contributed by atoms with van der Waals surface area (Å²) in [5.41, 5.74) is 6.20. The number of rotatable bonds is 2. The fourth-order valence-electron chi connectivity index (χ4n) is 3.13. The lowest BCUT2D eigenvalue weighted by atomic mass is 9.76. The minimum atomic E-state index is -0.726. The van der Waals surface area contributed by atoms with Crippen molar-refractivity contribution in [1.82, 2.24) is 0 Å². The molecular weight excluding hydrogens is 236 g/mol. The highest BCUT2D eigenvalue weighted by atomic mass is 16.4. The number of aliphatic carboxylic acids is 1. The molecule has 0 heterocycles. The summed E-state index contributed by atoms with van der Waals surface area (Å²) in [5.74, 6) is -0.640. The van der Waals surface area contributed by atoms with Crippen LogP contribution < -0.4 is 0 Å². The molecule has 2 heteroatoms. The molecule has 0 aromatic heterocycles. The second kappa shape index (κ2) is 4.54. The molecule has 0 aliphatic heterocycles. The standard InChI is InChI=1S/C17H16O2/c1-11-5-4-6-12-9-13(10-16(18)19)14-7-2-3-8-15(14)17(11)12/h2-8,13H,9-10H2,1H3,(H,18,19). The van der Waals surface area contributed by atoms with Gasteiger partial charge in [0.2, 0.25) is 0 Å². The summed E-state index contributed by atoms with van der Waals surface area (Å²) in [4.78, 5) is 11.1. The third-order valence-electron chi connectivity index (χ3n) is 3.92. The summed E-state index contributed by atoms with van der Waals surface area (Å²) in [6, 6.07) is 14.5. The maximum Gasteiger partial charge on any atom is 0.303 e. The summed E-state index contributed by atoms with van der Waals surface area (Å²) in [6.07, 6.45) is 1.02. The van der Waals surface area contributed by atoms with Crippen molar-refractivity contribution in [2.45, 2.75) is 25.7 Å². The molecule has 1 aliphatic rings. The number of hydrogen-bond donors (Lipinski definition) is 1. The SMILES string of the molecule is Cc1cccc2c1-c1ccccc1C(CC(=O)O)C2. The number of carboxylic acids is 1. The van der Waals surface area contributed by atoms with Crippen molar-refractivity contribution in [3.05, 3.63) is 59.2 Å². The first kappa shape index (κ1) is 12.0. The zero-order chi connectivity index (χ0) is 13.4. The van der Waals surface area contributed by atoms with E-state index in [4.69, 9.17) is 5.11 Å². The van der Waals surface area contributed by atoms with E-state index in [1.54, 1.807) is 0 Å². The van der Waals surface area contributed by atoms with Gasteiger partial charge in [0.15, 0.2) is 0 Å². The van der Waals surface area contributed by atoms with Gasteiger partial charge >= 0.3 is 5.97 Å². The molecule has 96 valence electrons. The van der Waals surface area contributed by atoms with Crippen LogP contribution in [0.4, 0.5) is 0 Å². The average molecular weight is 252 g/mol. The fourth-order valence-corrected chi connectivity index (χ4v) is 3.13. The zero-order valence-electron chi connectivity index (χ0n) is 10.9. The molecule has 1 unspecified atom stereocenters. The third-order valence-corrected chi connectivity index (χ3v) is 3.92. The average Bonchev–Trinajstić information content (AvgIpc) is 2.38. The van der Waals surface area contributed by atoms with Crippen LogP contribution >= 0.6 is 0 Å². The van der Waals surface area contributed by atoms with Crippen LogP contribution in [0.1, 0.15) is 29.0 Å². The smallest absolute Gasteiger partial charge is 0.303 e. The Balaban J connectivity index is 2.18. The van der Waals surface area contributed by atoms with E-state index in [9.17, 15) is 4.79 Å². The lowest BCUT2D eigenvalue weighted by Gasteiger charge is -2.28. The molecule has 0 spiro atoms. The van der Waals surface area contributed by atoms with E-state index >= 15 is 0 Å². The normalized spacial score (nSPS) is 16.6. The first-order valence-corrected chi connectivity index (χ1v) is 6.56. The van der Waals surface area contributed by atoms with Gasteiger partial charge in [-0.3, -0.25) is 4.79 Å². The molecule has 0 bridgehead atoms. The predicted octanol–water partition coefficient (Wildman–Crippen LogP) is 3.78. The summed E-state index contributed by atoms with van der Waals surface area (Å²) < 4.78 is 0. The van der Waals surface area contributed by atoms with Crippen molar-refractivity contribution in [2.24, 2.45) is 0 Å². The van der Waals surface area contributed by atoms with Gasteiger partial charge < -0.3 is 5.11 Å². The van der Waals surface area contributed by atoms with Gasteiger partial charge in [-0.15, -0.1) is 0 Å². The molecule has 0 fully saturated rings. The van der Waals surface area contributed by atoms with Gasteiger partial charge in [0.1, 0.15) is 0 Å². The summed E-state index contributed by atoms with van der Waals surface area (Å²) >= 11 is 0. The van der Waals surface area contributed by atoms with E-state index in [-0.39, 0.29) is 12.3 Å². The minimum Gasteiger partial charge on any atom is -0.481 e. The quantitative estimate of drug-likeness (QED) is 0.883. The highest BCUT2D eigenvalue weighted by Crippen LogP contribution is 2.42. The van der Waals surface area contributed by atoms with Crippen LogP contribution in [0.15, 0.2) is 42.5 Å². The summed E-state index contributed by atoms with van der Waals surface area (Å²) in [6.45, 7) is 2.12. The second-order valence-corrected chi connectivity index (χ2v) is 5.20. The van der Waals surface area contributed by atoms with Crippen molar-refractivity contribution < 1.29 is 9.90 Å². The Morgan fingerprint density at radius 2 is 2.00 bits per heavy atom. The van der Waals surface area contributed by atoms with Gasteiger partial charge in [-0.1, -0.05) is 42.5 Å². The highest BCUT2D eigenvalue weighted by Gasteiger charge is 2.26. The van der Waals surface area contributed by atoms with Crippen LogP contribution in [0.2, 0.25) is 0 Å². The molecule has 2 aromatic carbocycles. The Labute approximate surface area is 112 Å². The molecule has 19 heavy (non-hydrogen) atoms. The molecule has 0 amide bonds.